The molecular weight excluding hydrogens is 328 g/mol. The van der Waals surface area contributed by atoms with Crippen molar-refractivity contribution in [1.29, 1.82) is 0 Å². The molecule has 1 saturated heterocycles. The van der Waals surface area contributed by atoms with Crippen LogP contribution in [0.25, 0.3) is 0 Å². The smallest absolute Gasteiger partial charge is 0.251 e. The Kier molecular flexibility index (Phi) is 5.07. The van der Waals surface area contributed by atoms with Crippen LogP contribution in [-0.4, -0.2) is 37.2 Å². The predicted molar refractivity (Wildman–Crippen MR) is 99.3 cm³/mol. The first-order valence-electron chi connectivity index (χ1n) is 9.22. The number of benzene rings is 2. The van der Waals surface area contributed by atoms with E-state index in [4.69, 9.17) is 9.47 Å². The minimum atomic E-state index is -0.0463. The van der Waals surface area contributed by atoms with Crippen molar-refractivity contribution in [2.45, 2.75) is 19.4 Å². The molecule has 2 aromatic carbocycles. The van der Waals surface area contributed by atoms with Crippen LogP contribution in [0, 0.1) is 5.92 Å². The van der Waals surface area contributed by atoms with Crippen LogP contribution in [0.4, 0.5) is 0 Å². The Morgan fingerprint density at radius 1 is 1.04 bits per heavy atom. The zero-order valence-corrected chi connectivity index (χ0v) is 14.8. The molecule has 0 aliphatic carbocycles. The van der Waals surface area contributed by atoms with E-state index in [0.29, 0.717) is 23.0 Å². The van der Waals surface area contributed by atoms with E-state index in [-0.39, 0.29) is 12.7 Å². The lowest BCUT2D eigenvalue weighted by atomic mass is 9.96. The summed E-state index contributed by atoms with van der Waals surface area (Å²) in [5.41, 5.74) is 1.98. The number of amides is 1. The van der Waals surface area contributed by atoms with Crippen molar-refractivity contribution in [3.63, 3.8) is 0 Å². The summed E-state index contributed by atoms with van der Waals surface area (Å²) in [6.07, 6.45) is 2.24. The van der Waals surface area contributed by atoms with Gasteiger partial charge in [0.05, 0.1) is 0 Å². The molecule has 5 nitrogen and oxygen atoms in total. The number of hydrogen-bond acceptors (Lipinski definition) is 4. The molecule has 2 aliphatic rings. The number of hydrogen-bond donors (Lipinski definition) is 1. The molecule has 1 amide bonds. The summed E-state index contributed by atoms with van der Waals surface area (Å²) >= 11 is 0. The third-order valence-electron chi connectivity index (χ3n) is 5.14. The van der Waals surface area contributed by atoms with Crippen molar-refractivity contribution in [3.8, 4) is 11.5 Å². The van der Waals surface area contributed by atoms with Crippen molar-refractivity contribution in [2.75, 3.05) is 26.4 Å². The number of carbonyl (C=O) groups is 1. The minimum absolute atomic E-state index is 0.0463. The number of carbonyl (C=O) groups excluding carboxylic acids is 1. The monoisotopic (exact) mass is 352 g/mol. The molecular formula is C21H24N2O3. The number of likely N-dealkylation sites (tertiary alicyclic amines) is 1. The van der Waals surface area contributed by atoms with E-state index in [1.54, 1.807) is 18.2 Å². The lowest BCUT2D eigenvalue weighted by molar-refractivity contribution is 0.0935. The van der Waals surface area contributed by atoms with E-state index in [2.05, 4.69) is 40.5 Å². The van der Waals surface area contributed by atoms with Gasteiger partial charge in [-0.25, -0.2) is 0 Å². The van der Waals surface area contributed by atoms with Gasteiger partial charge in [0.1, 0.15) is 0 Å². The van der Waals surface area contributed by atoms with Crippen LogP contribution >= 0.6 is 0 Å². The van der Waals surface area contributed by atoms with E-state index in [9.17, 15) is 4.79 Å². The van der Waals surface area contributed by atoms with E-state index in [1.807, 2.05) is 0 Å². The molecule has 2 heterocycles. The van der Waals surface area contributed by atoms with E-state index in [1.165, 1.54) is 5.56 Å². The lowest BCUT2D eigenvalue weighted by Crippen LogP contribution is -2.38. The van der Waals surface area contributed by atoms with Gasteiger partial charge in [-0.3, -0.25) is 9.69 Å². The van der Waals surface area contributed by atoms with Crippen LogP contribution < -0.4 is 14.8 Å². The van der Waals surface area contributed by atoms with Gasteiger partial charge in [-0.05, 0) is 55.6 Å². The number of nitrogens with one attached hydrogen (secondary N) is 1. The molecule has 2 aliphatic heterocycles. The quantitative estimate of drug-likeness (QED) is 0.899. The van der Waals surface area contributed by atoms with Crippen molar-refractivity contribution in [3.05, 3.63) is 59.7 Å². The average Bonchev–Trinajstić information content (AvgIpc) is 3.16. The third kappa shape index (κ3) is 3.99. The maximum absolute atomic E-state index is 12.4. The van der Waals surface area contributed by atoms with Crippen molar-refractivity contribution in [2.24, 2.45) is 5.92 Å². The summed E-state index contributed by atoms with van der Waals surface area (Å²) in [5, 5.41) is 3.07. The largest absolute Gasteiger partial charge is 0.454 e. The van der Waals surface area contributed by atoms with Crippen molar-refractivity contribution < 1.29 is 14.3 Å². The molecule has 0 aromatic heterocycles. The molecule has 0 bridgehead atoms. The molecule has 4 rings (SSSR count). The van der Waals surface area contributed by atoms with Crippen molar-refractivity contribution >= 4 is 5.91 Å². The Morgan fingerprint density at radius 3 is 2.62 bits per heavy atom. The Labute approximate surface area is 153 Å². The van der Waals surface area contributed by atoms with Crippen LogP contribution in [0.5, 0.6) is 11.5 Å². The fraction of sp³-hybridized carbons (Fsp3) is 0.381. The first-order chi connectivity index (χ1) is 12.8. The van der Waals surface area contributed by atoms with Gasteiger partial charge in [0.15, 0.2) is 11.5 Å². The molecule has 5 heteroatoms. The van der Waals surface area contributed by atoms with Gasteiger partial charge in [0.25, 0.3) is 5.91 Å². The molecule has 0 atom stereocenters. The zero-order chi connectivity index (χ0) is 17.8. The Hall–Kier alpha value is -2.53. The average molecular weight is 352 g/mol. The summed E-state index contributed by atoms with van der Waals surface area (Å²) in [6.45, 7) is 4.13. The first kappa shape index (κ1) is 16.9. The van der Waals surface area contributed by atoms with Crippen LogP contribution in [0.1, 0.15) is 28.8 Å². The first-order valence-corrected chi connectivity index (χ1v) is 9.22. The molecule has 0 radical (unpaired) electrons. The SMILES string of the molecule is O=C(NCC1CCN(Cc2ccccc2)CC1)c1ccc2c(c1)OCO2. The van der Waals surface area contributed by atoms with Gasteiger partial charge in [0, 0.05) is 18.7 Å². The van der Waals surface area contributed by atoms with Crippen LogP contribution in [0.2, 0.25) is 0 Å². The molecule has 2 aromatic rings. The van der Waals surface area contributed by atoms with Gasteiger partial charge in [-0.15, -0.1) is 0 Å². The normalized spacial score (nSPS) is 17.2. The maximum Gasteiger partial charge on any atom is 0.251 e. The van der Waals surface area contributed by atoms with Gasteiger partial charge in [0.2, 0.25) is 6.79 Å². The molecule has 1 fully saturated rings. The van der Waals surface area contributed by atoms with Crippen molar-refractivity contribution in [1.82, 2.24) is 10.2 Å². The van der Waals surface area contributed by atoms with Gasteiger partial charge >= 0.3 is 0 Å². The molecule has 0 spiro atoms. The second-order valence-electron chi connectivity index (χ2n) is 6.98. The minimum Gasteiger partial charge on any atom is -0.454 e. The molecule has 136 valence electrons. The Morgan fingerprint density at radius 2 is 1.81 bits per heavy atom. The van der Waals surface area contributed by atoms with E-state index >= 15 is 0 Å². The summed E-state index contributed by atoms with van der Waals surface area (Å²) in [5.74, 6) is 1.84. The fourth-order valence-electron chi connectivity index (χ4n) is 3.57. The Balaban J connectivity index is 1.23. The van der Waals surface area contributed by atoms with Crippen LogP contribution in [-0.2, 0) is 6.54 Å². The highest BCUT2D eigenvalue weighted by molar-refractivity contribution is 5.94. The molecule has 0 saturated carbocycles. The summed E-state index contributed by atoms with van der Waals surface area (Å²) in [4.78, 5) is 14.9. The van der Waals surface area contributed by atoms with Crippen LogP contribution in [0.3, 0.4) is 0 Å². The fourth-order valence-corrected chi connectivity index (χ4v) is 3.57. The standard InChI is InChI=1S/C21H24N2O3/c24-21(18-6-7-19-20(12-18)26-15-25-19)22-13-16-8-10-23(11-9-16)14-17-4-2-1-3-5-17/h1-7,12,16H,8-11,13-15H2,(H,22,24). The second-order valence-corrected chi connectivity index (χ2v) is 6.98. The highest BCUT2D eigenvalue weighted by Gasteiger charge is 2.21. The zero-order valence-electron chi connectivity index (χ0n) is 14.8. The van der Waals surface area contributed by atoms with Gasteiger partial charge < -0.3 is 14.8 Å². The maximum atomic E-state index is 12.4. The molecule has 1 N–H and O–H groups in total. The summed E-state index contributed by atoms with van der Waals surface area (Å²) in [6, 6.07) is 15.9. The number of rotatable bonds is 5. The highest BCUT2D eigenvalue weighted by Crippen LogP contribution is 2.32. The molecule has 0 unspecified atom stereocenters. The molecule has 26 heavy (non-hydrogen) atoms. The van der Waals surface area contributed by atoms with Gasteiger partial charge in [-0.2, -0.15) is 0 Å². The van der Waals surface area contributed by atoms with Crippen LogP contribution in [0.15, 0.2) is 48.5 Å². The number of nitrogens with zero attached hydrogens (tertiary/aromatic N) is 1. The summed E-state index contributed by atoms with van der Waals surface area (Å²) < 4.78 is 10.6. The number of piperidine rings is 1. The third-order valence-corrected chi connectivity index (χ3v) is 5.14. The lowest BCUT2D eigenvalue weighted by Gasteiger charge is -2.32. The topological polar surface area (TPSA) is 50.8 Å². The predicted octanol–water partition coefficient (Wildman–Crippen LogP) is 3.06. The summed E-state index contributed by atoms with van der Waals surface area (Å²) in [7, 11) is 0. The van der Waals surface area contributed by atoms with Gasteiger partial charge in [-0.1, -0.05) is 30.3 Å². The van der Waals surface area contributed by atoms with E-state index < -0.39 is 0 Å². The second kappa shape index (κ2) is 7.79. The van der Waals surface area contributed by atoms with E-state index in [0.717, 1.165) is 39.0 Å². The number of fused-ring (bicyclic) bond motifs is 1. The number of ether oxygens (including phenoxy) is 2. The highest BCUT2D eigenvalue weighted by atomic mass is 16.7. The Bertz CT molecular complexity index is 755.